The van der Waals surface area contributed by atoms with Gasteiger partial charge in [0.25, 0.3) is 5.91 Å². The van der Waals surface area contributed by atoms with E-state index in [0.717, 1.165) is 36.9 Å². The van der Waals surface area contributed by atoms with Crippen LogP contribution in [0, 0.1) is 0 Å². The van der Waals surface area contributed by atoms with Gasteiger partial charge in [0.15, 0.2) is 6.04 Å². The predicted molar refractivity (Wildman–Crippen MR) is 107 cm³/mol. The summed E-state index contributed by atoms with van der Waals surface area (Å²) in [5.41, 5.74) is 7.43. The number of benzene rings is 2. The van der Waals surface area contributed by atoms with Gasteiger partial charge in [-0.3, -0.25) is 9.59 Å². The van der Waals surface area contributed by atoms with Crippen molar-refractivity contribution < 1.29 is 14.5 Å². The van der Waals surface area contributed by atoms with Crippen LogP contribution in [-0.4, -0.2) is 44.0 Å². The Hall–Kier alpha value is -2.57. The molecule has 0 aliphatic carbocycles. The molecule has 1 aliphatic heterocycles. The Kier molecular flexibility index (Phi) is 5.98. The van der Waals surface area contributed by atoms with Crippen LogP contribution in [0.3, 0.4) is 0 Å². The maximum atomic E-state index is 12.6. The molecule has 7 heteroatoms. The first-order chi connectivity index (χ1) is 12.9. The van der Waals surface area contributed by atoms with Crippen molar-refractivity contribution in [1.82, 2.24) is 0 Å². The van der Waals surface area contributed by atoms with Crippen molar-refractivity contribution in [3.8, 4) is 0 Å². The molecule has 142 valence electrons. The van der Waals surface area contributed by atoms with Gasteiger partial charge in [0.1, 0.15) is 0 Å². The number of hydrogen-bond acceptors (Lipinski definition) is 3. The van der Waals surface area contributed by atoms with Crippen molar-refractivity contribution in [3.63, 3.8) is 0 Å². The molecular formula is C20H24ClN4O2+. The molecule has 4 N–H and O–H groups in total. The van der Waals surface area contributed by atoms with Gasteiger partial charge in [-0.2, -0.15) is 0 Å². The number of quaternary nitrogens is 1. The Balaban J connectivity index is 1.54. The Morgan fingerprint density at radius 3 is 2.41 bits per heavy atom. The third-order valence-corrected chi connectivity index (χ3v) is 5.26. The van der Waals surface area contributed by atoms with E-state index in [1.54, 1.807) is 24.3 Å². The molecule has 2 amide bonds. The SMILES string of the molecule is C[C@@H](C(=O)Nc1ccc(C(N)=O)cc1)[NH+]1CCN(c2cccc(Cl)c2)CC1. The second-order valence-electron chi connectivity index (χ2n) is 6.78. The smallest absolute Gasteiger partial charge is 0.282 e. The van der Waals surface area contributed by atoms with Crippen LogP contribution >= 0.6 is 11.6 Å². The van der Waals surface area contributed by atoms with Gasteiger partial charge >= 0.3 is 0 Å². The van der Waals surface area contributed by atoms with E-state index in [-0.39, 0.29) is 11.9 Å². The molecule has 0 saturated carbocycles. The number of amides is 2. The Bertz CT molecular complexity index is 817. The normalized spacial score (nSPS) is 16.0. The lowest BCUT2D eigenvalue weighted by Gasteiger charge is -2.36. The second kappa shape index (κ2) is 8.41. The van der Waals surface area contributed by atoms with E-state index in [2.05, 4.69) is 16.3 Å². The topological polar surface area (TPSA) is 79.9 Å². The third-order valence-electron chi connectivity index (χ3n) is 5.02. The molecule has 27 heavy (non-hydrogen) atoms. The first kappa shape index (κ1) is 19.2. The summed E-state index contributed by atoms with van der Waals surface area (Å²) in [4.78, 5) is 27.2. The van der Waals surface area contributed by atoms with Crippen molar-refractivity contribution >= 4 is 34.8 Å². The number of nitrogens with one attached hydrogen (secondary N) is 2. The van der Waals surface area contributed by atoms with Gasteiger partial charge in [-0.1, -0.05) is 17.7 Å². The Labute approximate surface area is 163 Å². The van der Waals surface area contributed by atoms with Crippen LogP contribution in [0.25, 0.3) is 0 Å². The minimum atomic E-state index is -0.483. The van der Waals surface area contributed by atoms with Crippen LogP contribution in [-0.2, 0) is 4.79 Å². The molecule has 2 aromatic carbocycles. The quantitative estimate of drug-likeness (QED) is 0.720. The average molecular weight is 388 g/mol. The predicted octanol–water partition coefficient (Wildman–Crippen LogP) is 1.17. The molecule has 1 saturated heterocycles. The molecule has 0 unspecified atom stereocenters. The van der Waals surface area contributed by atoms with E-state index in [1.807, 2.05) is 25.1 Å². The standard InChI is InChI=1S/C20H23ClN4O2/c1-14(20(27)23-17-7-5-15(6-8-17)19(22)26)24-9-11-25(12-10-24)18-4-2-3-16(21)13-18/h2-8,13-14H,9-12H2,1H3,(H2,22,26)(H,23,27)/p+1/t14-/m0/s1. The number of nitrogens with two attached hydrogens (primary N) is 1. The zero-order valence-corrected chi connectivity index (χ0v) is 16.0. The van der Waals surface area contributed by atoms with Crippen LogP contribution in [0.15, 0.2) is 48.5 Å². The van der Waals surface area contributed by atoms with Crippen LogP contribution in [0.2, 0.25) is 5.02 Å². The summed E-state index contributed by atoms with van der Waals surface area (Å²) in [5.74, 6) is -0.517. The molecule has 1 heterocycles. The summed E-state index contributed by atoms with van der Waals surface area (Å²) in [6.45, 7) is 5.45. The van der Waals surface area contributed by atoms with Gasteiger partial charge in [-0.25, -0.2) is 0 Å². The maximum Gasteiger partial charge on any atom is 0.282 e. The number of carbonyl (C=O) groups is 2. The molecule has 1 aliphatic rings. The fraction of sp³-hybridized carbons (Fsp3) is 0.300. The van der Waals surface area contributed by atoms with E-state index in [0.29, 0.717) is 11.3 Å². The van der Waals surface area contributed by atoms with Crippen molar-refractivity contribution in [1.29, 1.82) is 0 Å². The third kappa shape index (κ3) is 4.78. The van der Waals surface area contributed by atoms with Crippen molar-refractivity contribution in [2.24, 2.45) is 5.73 Å². The molecule has 0 bridgehead atoms. The lowest BCUT2D eigenvalue weighted by Crippen LogP contribution is -3.19. The number of primary amides is 1. The lowest BCUT2D eigenvalue weighted by atomic mass is 10.1. The minimum Gasteiger partial charge on any atom is -0.366 e. The molecule has 1 fully saturated rings. The number of anilines is 2. The van der Waals surface area contributed by atoms with Crippen LogP contribution in [0.1, 0.15) is 17.3 Å². The maximum absolute atomic E-state index is 12.6. The van der Waals surface area contributed by atoms with Gasteiger partial charge in [0.2, 0.25) is 5.91 Å². The van der Waals surface area contributed by atoms with Gasteiger partial charge in [-0.05, 0) is 49.4 Å². The number of carbonyl (C=O) groups excluding carboxylic acids is 2. The number of piperazine rings is 1. The first-order valence-electron chi connectivity index (χ1n) is 9.00. The molecule has 0 aromatic heterocycles. The Morgan fingerprint density at radius 1 is 1.15 bits per heavy atom. The zero-order valence-electron chi connectivity index (χ0n) is 15.2. The molecule has 1 atom stereocenters. The van der Waals surface area contributed by atoms with Gasteiger partial charge in [0, 0.05) is 22.0 Å². The van der Waals surface area contributed by atoms with Gasteiger partial charge < -0.3 is 20.9 Å². The summed E-state index contributed by atoms with van der Waals surface area (Å²) < 4.78 is 0. The minimum absolute atomic E-state index is 0.0342. The van der Waals surface area contributed by atoms with E-state index in [4.69, 9.17) is 17.3 Å². The zero-order chi connectivity index (χ0) is 19.4. The number of halogens is 1. The van der Waals surface area contributed by atoms with Crippen LogP contribution in [0.4, 0.5) is 11.4 Å². The van der Waals surface area contributed by atoms with E-state index in [9.17, 15) is 9.59 Å². The molecule has 2 aromatic rings. The monoisotopic (exact) mass is 387 g/mol. The van der Waals surface area contributed by atoms with Gasteiger partial charge in [-0.15, -0.1) is 0 Å². The largest absolute Gasteiger partial charge is 0.366 e. The van der Waals surface area contributed by atoms with E-state index >= 15 is 0 Å². The number of hydrogen-bond donors (Lipinski definition) is 3. The van der Waals surface area contributed by atoms with Crippen molar-refractivity contribution in [3.05, 3.63) is 59.1 Å². The summed E-state index contributed by atoms with van der Waals surface area (Å²) >= 11 is 6.08. The second-order valence-corrected chi connectivity index (χ2v) is 7.21. The van der Waals surface area contributed by atoms with E-state index < -0.39 is 5.91 Å². The van der Waals surface area contributed by atoms with Crippen molar-refractivity contribution in [2.75, 3.05) is 36.4 Å². The highest BCUT2D eigenvalue weighted by molar-refractivity contribution is 6.30. The molecular weight excluding hydrogens is 364 g/mol. The molecule has 0 radical (unpaired) electrons. The highest BCUT2D eigenvalue weighted by Crippen LogP contribution is 2.19. The van der Waals surface area contributed by atoms with E-state index in [1.165, 1.54) is 4.90 Å². The van der Waals surface area contributed by atoms with Crippen molar-refractivity contribution in [2.45, 2.75) is 13.0 Å². The summed E-state index contributed by atoms with van der Waals surface area (Å²) in [6.07, 6.45) is 0. The average Bonchev–Trinajstić information content (AvgIpc) is 2.68. The fourth-order valence-corrected chi connectivity index (χ4v) is 3.50. The van der Waals surface area contributed by atoms with Gasteiger partial charge in [0.05, 0.1) is 26.2 Å². The highest BCUT2D eigenvalue weighted by atomic mass is 35.5. The fourth-order valence-electron chi connectivity index (χ4n) is 3.31. The summed E-state index contributed by atoms with van der Waals surface area (Å²) in [6, 6.07) is 14.3. The number of rotatable bonds is 5. The summed E-state index contributed by atoms with van der Waals surface area (Å²) in [5, 5.41) is 3.65. The molecule has 0 spiro atoms. The van der Waals surface area contributed by atoms with Crippen LogP contribution in [0.5, 0.6) is 0 Å². The number of nitrogens with zero attached hydrogens (tertiary/aromatic N) is 1. The molecule has 3 rings (SSSR count). The molecule has 6 nitrogen and oxygen atoms in total. The Morgan fingerprint density at radius 2 is 1.81 bits per heavy atom. The lowest BCUT2D eigenvalue weighted by molar-refractivity contribution is -0.914. The summed E-state index contributed by atoms with van der Waals surface area (Å²) in [7, 11) is 0. The highest BCUT2D eigenvalue weighted by Gasteiger charge is 2.29. The van der Waals surface area contributed by atoms with Crippen LogP contribution < -0.4 is 20.9 Å². The first-order valence-corrected chi connectivity index (χ1v) is 9.37.